The van der Waals surface area contributed by atoms with E-state index in [9.17, 15) is 18.6 Å². The van der Waals surface area contributed by atoms with Gasteiger partial charge in [-0.3, -0.25) is 0 Å². The molecule has 5 nitrogen and oxygen atoms in total. The Morgan fingerprint density at radius 3 is 2.24 bits per heavy atom. The summed E-state index contributed by atoms with van der Waals surface area (Å²) in [6.45, 7) is -0.233. The highest BCUT2D eigenvalue weighted by molar-refractivity contribution is 7.89. The summed E-state index contributed by atoms with van der Waals surface area (Å²) in [6.07, 6.45) is -2.10. The molecule has 17 heavy (non-hydrogen) atoms. The quantitative estimate of drug-likeness (QED) is 0.802. The van der Waals surface area contributed by atoms with E-state index in [1.54, 1.807) is 12.1 Å². The second kappa shape index (κ2) is 4.55. The van der Waals surface area contributed by atoms with E-state index in [4.69, 9.17) is 11.6 Å². The number of β-amino-alcohol motifs (C(OH)–C–C–N with tert-alkyl or cyclic N) is 2. The predicted octanol–water partition coefficient (Wildman–Crippen LogP) is 0.0661. The van der Waals surface area contributed by atoms with Crippen LogP contribution in [0.5, 0.6) is 0 Å². The molecule has 1 fully saturated rings. The molecule has 1 aliphatic heterocycles. The smallest absolute Gasteiger partial charge is 0.244 e. The summed E-state index contributed by atoms with van der Waals surface area (Å²) in [5.41, 5.74) is 0. The lowest BCUT2D eigenvalue weighted by molar-refractivity contribution is 0.0572. The highest BCUT2D eigenvalue weighted by atomic mass is 35.5. The van der Waals surface area contributed by atoms with Crippen molar-refractivity contribution in [2.75, 3.05) is 13.1 Å². The zero-order valence-corrected chi connectivity index (χ0v) is 10.4. The van der Waals surface area contributed by atoms with Crippen LogP contribution in [-0.4, -0.2) is 48.2 Å². The topological polar surface area (TPSA) is 77.8 Å². The van der Waals surface area contributed by atoms with Gasteiger partial charge < -0.3 is 10.2 Å². The molecule has 1 aliphatic rings. The van der Waals surface area contributed by atoms with Crippen LogP contribution in [0.1, 0.15) is 0 Å². The lowest BCUT2D eigenvalue weighted by atomic mass is 10.3. The number of hydrogen-bond acceptors (Lipinski definition) is 4. The van der Waals surface area contributed by atoms with Crippen LogP contribution in [0.4, 0.5) is 0 Å². The Hall–Kier alpha value is -0.660. The third-order valence-corrected chi connectivity index (χ3v) is 5.01. The van der Waals surface area contributed by atoms with Crippen molar-refractivity contribution < 1.29 is 18.6 Å². The number of benzene rings is 1. The Morgan fingerprint density at radius 2 is 1.71 bits per heavy atom. The molecule has 0 saturated carbocycles. The second-order valence-electron chi connectivity index (χ2n) is 3.89. The van der Waals surface area contributed by atoms with Crippen LogP contribution in [0.25, 0.3) is 0 Å². The van der Waals surface area contributed by atoms with Gasteiger partial charge in [-0.15, -0.1) is 0 Å². The fourth-order valence-electron chi connectivity index (χ4n) is 1.72. The molecule has 2 N–H and O–H groups in total. The van der Waals surface area contributed by atoms with Crippen molar-refractivity contribution >= 4 is 21.6 Å². The van der Waals surface area contributed by atoms with Crippen LogP contribution in [-0.2, 0) is 10.0 Å². The van der Waals surface area contributed by atoms with E-state index in [0.29, 0.717) is 0 Å². The minimum Gasteiger partial charge on any atom is -0.389 e. The van der Waals surface area contributed by atoms with Crippen LogP contribution >= 0.6 is 11.6 Å². The standard InChI is InChI=1S/C10H12ClNO4S/c11-7-3-1-2-4-10(7)17(15,16)12-5-8(13)9(14)6-12/h1-4,8-9,13-14H,5-6H2/t8-,9+. The Morgan fingerprint density at radius 1 is 1.18 bits per heavy atom. The maximum Gasteiger partial charge on any atom is 0.244 e. The molecular weight excluding hydrogens is 266 g/mol. The number of aliphatic hydroxyl groups is 2. The molecule has 1 aromatic carbocycles. The van der Waals surface area contributed by atoms with Gasteiger partial charge in [-0.05, 0) is 12.1 Å². The first kappa shape index (κ1) is 12.8. The maximum absolute atomic E-state index is 12.2. The van der Waals surface area contributed by atoms with Crippen molar-refractivity contribution in [1.82, 2.24) is 4.31 Å². The number of aliphatic hydroxyl groups excluding tert-OH is 2. The van der Waals surface area contributed by atoms with Gasteiger partial charge in [0.1, 0.15) is 4.90 Å². The van der Waals surface area contributed by atoms with E-state index in [1.165, 1.54) is 12.1 Å². The number of halogens is 1. The van der Waals surface area contributed by atoms with E-state index < -0.39 is 22.2 Å². The molecule has 0 spiro atoms. The minimum absolute atomic E-state index is 0.0111. The zero-order chi connectivity index (χ0) is 12.6. The molecule has 1 heterocycles. The molecule has 0 aromatic heterocycles. The average Bonchev–Trinajstić information content (AvgIpc) is 2.60. The predicted molar refractivity (Wildman–Crippen MR) is 62.2 cm³/mol. The van der Waals surface area contributed by atoms with Gasteiger partial charge in [-0.2, -0.15) is 4.31 Å². The van der Waals surface area contributed by atoms with Gasteiger partial charge in [0, 0.05) is 13.1 Å². The summed E-state index contributed by atoms with van der Waals surface area (Å²) < 4.78 is 25.4. The van der Waals surface area contributed by atoms with Crippen molar-refractivity contribution in [3.05, 3.63) is 29.3 Å². The van der Waals surface area contributed by atoms with E-state index in [-0.39, 0.29) is 23.0 Å². The van der Waals surface area contributed by atoms with Crippen molar-refractivity contribution in [3.63, 3.8) is 0 Å². The van der Waals surface area contributed by atoms with Gasteiger partial charge in [0.15, 0.2) is 0 Å². The van der Waals surface area contributed by atoms with Gasteiger partial charge in [0.2, 0.25) is 10.0 Å². The molecule has 0 radical (unpaired) electrons. The lowest BCUT2D eigenvalue weighted by Crippen LogP contribution is -2.30. The van der Waals surface area contributed by atoms with E-state index in [1.807, 2.05) is 0 Å². The van der Waals surface area contributed by atoms with E-state index >= 15 is 0 Å². The maximum atomic E-state index is 12.2. The van der Waals surface area contributed by atoms with Crippen LogP contribution in [0, 0.1) is 0 Å². The second-order valence-corrected chi connectivity index (χ2v) is 6.20. The third-order valence-electron chi connectivity index (χ3n) is 2.68. The fraction of sp³-hybridized carbons (Fsp3) is 0.400. The molecule has 1 aromatic rings. The molecule has 2 atom stereocenters. The number of sulfonamides is 1. The average molecular weight is 278 g/mol. The van der Waals surface area contributed by atoms with Crippen LogP contribution in [0.15, 0.2) is 29.2 Å². The fourth-order valence-corrected chi connectivity index (χ4v) is 3.69. The molecular formula is C10H12ClNO4S. The third kappa shape index (κ3) is 2.31. The van der Waals surface area contributed by atoms with Gasteiger partial charge in [0.05, 0.1) is 17.2 Å². The Bertz CT molecular complexity index is 509. The van der Waals surface area contributed by atoms with Crippen LogP contribution < -0.4 is 0 Å². The Kier molecular flexibility index (Phi) is 3.42. The first-order valence-corrected chi connectivity index (χ1v) is 6.85. The normalized spacial score (nSPS) is 26.3. The summed E-state index contributed by atoms with van der Waals surface area (Å²) in [6, 6.07) is 6.09. The lowest BCUT2D eigenvalue weighted by Gasteiger charge is -2.16. The number of hydrogen-bond donors (Lipinski definition) is 2. The molecule has 0 unspecified atom stereocenters. The Labute approximate surface area is 104 Å². The number of rotatable bonds is 2. The van der Waals surface area contributed by atoms with Crippen LogP contribution in [0.2, 0.25) is 5.02 Å². The molecule has 0 aliphatic carbocycles. The monoisotopic (exact) mass is 277 g/mol. The van der Waals surface area contributed by atoms with E-state index in [0.717, 1.165) is 4.31 Å². The van der Waals surface area contributed by atoms with E-state index in [2.05, 4.69) is 0 Å². The van der Waals surface area contributed by atoms with Crippen molar-refractivity contribution in [2.45, 2.75) is 17.1 Å². The SMILES string of the molecule is O=S(=O)(c1ccccc1Cl)N1C[C@@H](O)[C@@H](O)C1. The molecule has 2 rings (SSSR count). The van der Waals surface area contributed by atoms with Gasteiger partial charge in [-0.25, -0.2) is 8.42 Å². The highest BCUT2D eigenvalue weighted by Crippen LogP contribution is 2.26. The molecule has 7 heteroatoms. The minimum atomic E-state index is -3.75. The Balaban J connectivity index is 2.36. The number of nitrogens with zero attached hydrogens (tertiary/aromatic N) is 1. The summed E-state index contributed by atoms with van der Waals surface area (Å²) in [7, 11) is -3.75. The van der Waals surface area contributed by atoms with Crippen molar-refractivity contribution in [1.29, 1.82) is 0 Å². The van der Waals surface area contributed by atoms with Crippen molar-refractivity contribution in [2.24, 2.45) is 0 Å². The van der Waals surface area contributed by atoms with Crippen LogP contribution in [0.3, 0.4) is 0 Å². The summed E-state index contributed by atoms with van der Waals surface area (Å²) in [5, 5.41) is 18.8. The molecule has 94 valence electrons. The van der Waals surface area contributed by atoms with Crippen molar-refractivity contribution in [3.8, 4) is 0 Å². The highest BCUT2D eigenvalue weighted by Gasteiger charge is 2.38. The molecule has 0 amide bonds. The summed E-state index contributed by atoms with van der Waals surface area (Å²) in [4.78, 5) is -0.0111. The first-order valence-electron chi connectivity index (χ1n) is 5.04. The summed E-state index contributed by atoms with van der Waals surface area (Å²) >= 11 is 5.83. The zero-order valence-electron chi connectivity index (χ0n) is 8.82. The molecule has 1 saturated heterocycles. The van der Waals surface area contributed by atoms with Gasteiger partial charge >= 0.3 is 0 Å². The largest absolute Gasteiger partial charge is 0.389 e. The van der Waals surface area contributed by atoms with Gasteiger partial charge in [-0.1, -0.05) is 23.7 Å². The summed E-state index contributed by atoms with van der Waals surface area (Å²) in [5.74, 6) is 0. The first-order chi connectivity index (χ1) is 7.93. The van der Waals surface area contributed by atoms with Gasteiger partial charge in [0.25, 0.3) is 0 Å². The molecule has 0 bridgehead atoms.